The number of amides is 1. The Labute approximate surface area is 143 Å². The fourth-order valence-corrected chi connectivity index (χ4v) is 3.73. The monoisotopic (exact) mass is 371 g/mol. The zero-order valence-electron chi connectivity index (χ0n) is 12.9. The summed E-state index contributed by atoms with van der Waals surface area (Å²) in [5.74, 6) is -0.636. The van der Waals surface area contributed by atoms with E-state index in [1.165, 1.54) is 11.3 Å². The van der Waals surface area contributed by atoms with Gasteiger partial charge in [0.2, 0.25) is 17.6 Å². The molecule has 4 heterocycles. The van der Waals surface area contributed by atoms with Crippen molar-refractivity contribution in [2.45, 2.75) is 25.4 Å². The Morgan fingerprint density at radius 1 is 1.40 bits per heavy atom. The molecule has 3 aromatic heterocycles. The van der Waals surface area contributed by atoms with E-state index in [-0.39, 0.29) is 18.9 Å². The molecule has 25 heavy (non-hydrogen) atoms. The zero-order chi connectivity index (χ0) is 17.8. The summed E-state index contributed by atoms with van der Waals surface area (Å²) in [6.45, 7) is 0.467. The van der Waals surface area contributed by atoms with Crippen molar-refractivity contribution in [2.75, 3.05) is 13.1 Å². The second-order valence-electron chi connectivity index (χ2n) is 5.85. The van der Waals surface area contributed by atoms with Crippen molar-refractivity contribution < 1.29 is 22.5 Å². The smallest absolute Gasteiger partial charge is 0.339 e. The Morgan fingerprint density at radius 3 is 2.96 bits per heavy atom. The summed E-state index contributed by atoms with van der Waals surface area (Å²) >= 11 is 1.46. The van der Waals surface area contributed by atoms with E-state index < -0.39 is 24.5 Å². The van der Waals surface area contributed by atoms with Crippen LogP contribution >= 0.6 is 11.3 Å². The van der Waals surface area contributed by atoms with Crippen LogP contribution in [0, 0.1) is 6.92 Å². The molecule has 1 atom stereocenters. The van der Waals surface area contributed by atoms with Gasteiger partial charge in [-0.25, -0.2) is 4.98 Å². The number of carbonyl (C=O) groups is 1. The van der Waals surface area contributed by atoms with Gasteiger partial charge in [0.1, 0.15) is 12.2 Å². The molecule has 0 N–H and O–H groups in total. The highest BCUT2D eigenvalue weighted by Crippen LogP contribution is 2.32. The lowest BCUT2D eigenvalue weighted by Crippen LogP contribution is -2.35. The van der Waals surface area contributed by atoms with Crippen molar-refractivity contribution >= 4 is 22.2 Å². The first-order valence-electron chi connectivity index (χ1n) is 7.42. The van der Waals surface area contributed by atoms with E-state index >= 15 is 0 Å². The highest BCUT2D eigenvalue weighted by atomic mass is 32.1. The molecule has 0 bridgehead atoms. The summed E-state index contributed by atoms with van der Waals surface area (Å²) in [4.78, 5) is 22.0. The number of alkyl halides is 3. The lowest BCUT2D eigenvalue weighted by atomic mass is 10.1. The van der Waals surface area contributed by atoms with Crippen LogP contribution in [0.3, 0.4) is 0 Å². The van der Waals surface area contributed by atoms with E-state index in [1.807, 2.05) is 22.9 Å². The lowest BCUT2D eigenvalue weighted by molar-refractivity contribution is -0.157. The number of rotatable bonds is 3. The molecule has 3 aromatic rings. The number of fused-ring (bicyclic) bond motifs is 1. The molecular formula is C14H12F3N5O2S. The van der Waals surface area contributed by atoms with Crippen LogP contribution in [-0.2, 0) is 4.79 Å². The van der Waals surface area contributed by atoms with Gasteiger partial charge in [-0.3, -0.25) is 9.20 Å². The fourth-order valence-electron chi connectivity index (χ4n) is 2.97. The number of hydrogen-bond donors (Lipinski definition) is 0. The van der Waals surface area contributed by atoms with Crippen LogP contribution in [0.2, 0.25) is 0 Å². The predicted octanol–water partition coefficient (Wildman–Crippen LogP) is 2.63. The van der Waals surface area contributed by atoms with Gasteiger partial charge in [-0.05, 0) is 6.92 Å². The Kier molecular flexibility index (Phi) is 3.56. The average Bonchev–Trinajstić information content (AvgIpc) is 3.23. The minimum atomic E-state index is -4.43. The molecule has 0 spiro atoms. The normalized spacial score (nSPS) is 18.6. The molecule has 1 aliphatic rings. The van der Waals surface area contributed by atoms with Gasteiger partial charge in [0, 0.05) is 24.5 Å². The van der Waals surface area contributed by atoms with Gasteiger partial charge in [0.05, 0.1) is 11.6 Å². The van der Waals surface area contributed by atoms with E-state index in [4.69, 9.17) is 4.52 Å². The highest BCUT2D eigenvalue weighted by molar-refractivity contribution is 7.15. The molecule has 4 rings (SSSR count). The van der Waals surface area contributed by atoms with Gasteiger partial charge >= 0.3 is 6.18 Å². The van der Waals surface area contributed by atoms with Gasteiger partial charge in [-0.1, -0.05) is 5.16 Å². The third-order valence-corrected chi connectivity index (χ3v) is 4.78. The molecular weight excluding hydrogens is 359 g/mol. The number of hydrogen-bond acceptors (Lipinski definition) is 6. The largest absolute Gasteiger partial charge is 0.406 e. The van der Waals surface area contributed by atoms with Crippen LogP contribution in [0.5, 0.6) is 0 Å². The third kappa shape index (κ3) is 2.88. The Hall–Kier alpha value is -2.43. The van der Waals surface area contributed by atoms with Crippen LogP contribution in [0.4, 0.5) is 13.2 Å². The molecule has 132 valence electrons. The van der Waals surface area contributed by atoms with Gasteiger partial charge in [-0.15, -0.1) is 11.3 Å². The topological polar surface area (TPSA) is 76.5 Å². The molecule has 0 saturated carbocycles. The zero-order valence-corrected chi connectivity index (χ0v) is 13.8. The minimum absolute atomic E-state index is 0.0725. The van der Waals surface area contributed by atoms with Crippen molar-refractivity contribution in [3.63, 3.8) is 0 Å². The molecule has 0 aromatic carbocycles. The first-order chi connectivity index (χ1) is 11.8. The van der Waals surface area contributed by atoms with E-state index in [0.717, 1.165) is 15.6 Å². The van der Waals surface area contributed by atoms with Crippen LogP contribution < -0.4 is 0 Å². The standard InChI is InChI=1S/C14H12F3N5O2S/c1-7-10(22-2-3-25-13(22)18-7)11-19-12(24-20-11)8-4-9(23)21(5-8)6-14(15,16)17/h2-3,8H,4-6H2,1H3. The number of likely N-dealkylation sites (tertiary alicyclic amines) is 1. The Balaban J connectivity index is 1.59. The summed E-state index contributed by atoms with van der Waals surface area (Å²) in [7, 11) is 0. The number of aromatic nitrogens is 4. The molecule has 11 heteroatoms. The van der Waals surface area contributed by atoms with Crippen LogP contribution in [0.15, 0.2) is 16.1 Å². The van der Waals surface area contributed by atoms with Crippen molar-refractivity contribution in [1.82, 2.24) is 24.4 Å². The van der Waals surface area contributed by atoms with Crippen molar-refractivity contribution in [3.05, 3.63) is 23.2 Å². The molecule has 1 fully saturated rings. The summed E-state index contributed by atoms with van der Waals surface area (Å²) in [5.41, 5.74) is 1.39. The number of aryl methyl sites for hydroxylation is 1. The first-order valence-corrected chi connectivity index (χ1v) is 8.30. The van der Waals surface area contributed by atoms with E-state index in [0.29, 0.717) is 11.5 Å². The maximum Gasteiger partial charge on any atom is 0.406 e. The van der Waals surface area contributed by atoms with Crippen LogP contribution in [0.1, 0.15) is 23.9 Å². The minimum Gasteiger partial charge on any atom is -0.339 e. The first kappa shape index (κ1) is 16.1. The van der Waals surface area contributed by atoms with Crippen molar-refractivity contribution in [2.24, 2.45) is 0 Å². The van der Waals surface area contributed by atoms with E-state index in [9.17, 15) is 18.0 Å². The Morgan fingerprint density at radius 2 is 2.20 bits per heavy atom. The molecule has 7 nitrogen and oxygen atoms in total. The molecule has 1 amide bonds. The molecule has 0 radical (unpaired) electrons. The molecule has 0 aliphatic carbocycles. The predicted molar refractivity (Wildman–Crippen MR) is 81.1 cm³/mol. The van der Waals surface area contributed by atoms with Crippen LogP contribution in [-0.4, -0.2) is 49.6 Å². The number of imidazole rings is 1. The number of thiazole rings is 1. The maximum atomic E-state index is 12.5. The highest BCUT2D eigenvalue weighted by Gasteiger charge is 2.40. The second kappa shape index (κ2) is 5.55. The van der Waals surface area contributed by atoms with Gasteiger partial charge in [-0.2, -0.15) is 18.2 Å². The number of nitrogens with zero attached hydrogens (tertiary/aromatic N) is 5. The van der Waals surface area contributed by atoms with E-state index in [1.54, 1.807) is 0 Å². The van der Waals surface area contributed by atoms with Crippen molar-refractivity contribution in [3.8, 4) is 11.5 Å². The summed E-state index contributed by atoms with van der Waals surface area (Å²) in [6.07, 6.45) is -2.67. The second-order valence-corrected chi connectivity index (χ2v) is 6.72. The van der Waals surface area contributed by atoms with Gasteiger partial charge < -0.3 is 9.42 Å². The Bertz CT molecular complexity index is 944. The lowest BCUT2D eigenvalue weighted by Gasteiger charge is -2.17. The molecule has 1 unspecified atom stereocenters. The SMILES string of the molecule is Cc1nc2sccn2c1-c1noc(C2CC(=O)N(CC(F)(F)F)C2)n1. The molecule has 1 aliphatic heterocycles. The quantitative estimate of drug-likeness (QED) is 0.707. The fraction of sp³-hybridized carbons (Fsp3) is 0.429. The summed E-state index contributed by atoms with van der Waals surface area (Å²) < 4.78 is 44.6. The van der Waals surface area contributed by atoms with Crippen molar-refractivity contribution in [1.29, 1.82) is 0 Å². The van der Waals surface area contributed by atoms with Gasteiger partial charge in [0.15, 0.2) is 4.96 Å². The van der Waals surface area contributed by atoms with E-state index in [2.05, 4.69) is 15.1 Å². The number of halogens is 3. The van der Waals surface area contributed by atoms with Gasteiger partial charge in [0.25, 0.3) is 0 Å². The summed E-state index contributed by atoms with van der Waals surface area (Å²) in [5, 5.41) is 5.80. The molecule has 1 saturated heterocycles. The maximum absolute atomic E-state index is 12.5. The number of carbonyl (C=O) groups excluding carboxylic acids is 1. The third-order valence-electron chi connectivity index (χ3n) is 4.02. The average molecular weight is 371 g/mol. The summed E-state index contributed by atoms with van der Waals surface area (Å²) in [6, 6.07) is 0. The van der Waals surface area contributed by atoms with Crippen LogP contribution in [0.25, 0.3) is 16.5 Å².